The summed E-state index contributed by atoms with van der Waals surface area (Å²) in [6, 6.07) is -0.0594. The van der Waals surface area contributed by atoms with Crippen LogP contribution in [0.1, 0.15) is 106 Å². The fraction of sp³-hybridized carbons (Fsp3) is 0.829. The molecule has 5 aliphatic rings. The number of esters is 1. The SMILES string of the molecule is COC(=O)COCC(=O)N[C@H]1CC[C@]2(C)[C@H]3C(=O)C=C4[C@@H]5C[C@@](C)(C(=O)O)CC[C@]5(C)CC[C@@]4(C)[C@]3(C)CC[C@H]2C1(C)C. The molecule has 0 unspecified atom stereocenters. The zero-order chi connectivity index (χ0) is 31.8. The molecule has 43 heavy (non-hydrogen) atoms. The molecule has 0 radical (unpaired) electrons. The van der Waals surface area contributed by atoms with Gasteiger partial charge in [0.1, 0.15) is 13.2 Å². The molecule has 1 amide bonds. The van der Waals surface area contributed by atoms with Crippen molar-refractivity contribution in [3.63, 3.8) is 0 Å². The summed E-state index contributed by atoms with van der Waals surface area (Å²) in [7, 11) is 1.28. The Labute approximate surface area is 257 Å². The van der Waals surface area contributed by atoms with E-state index in [1.165, 1.54) is 12.7 Å². The molecule has 0 spiro atoms. The van der Waals surface area contributed by atoms with E-state index in [0.29, 0.717) is 12.8 Å². The van der Waals surface area contributed by atoms with E-state index in [2.05, 4.69) is 51.6 Å². The first-order valence-corrected chi connectivity index (χ1v) is 16.3. The van der Waals surface area contributed by atoms with Crippen molar-refractivity contribution in [2.45, 2.75) is 112 Å². The second-order valence-electron chi connectivity index (χ2n) is 16.6. The lowest BCUT2D eigenvalue weighted by Crippen LogP contribution is -2.67. The highest BCUT2D eigenvalue weighted by molar-refractivity contribution is 5.95. The Balaban J connectivity index is 1.43. The van der Waals surface area contributed by atoms with Gasteiger partial charge in [0.25, 0.3) is 0 Å². The van der Waals surface area contributed by atoms with Gasteiger partial charge in [-0.3, -0.25) is 14.4 Å². The highest BCUT2D eigenvalue weighted by atomic mass is 16.6. The fourth-order valence-corrected chi connectivity index (χ4v) is 11.2. The van der Waals surface area contributed by atoms with Gasteiger partial charge in [0.05, 0.1) is 12.5 Å². The second kappa shape index (κ2) is 10.4. The Morgan fingerprint density at radius 2 is 1.60 bits per heavy atom. The number of rotatable bonds is 6. The van der Waals surface area contributed by atoms with Gasteiger partial charge in [-0.25, -0.2) is 4.79 Å². The Kier molecular flexibility index (Phi) is 7.80. The Hall–Kier alpha value is -2.22. The van der Waals surface area contributed by atoms with Crippen molar-refractivity contribution in [3.05, 3.63) is 11.6 Å². The number of carbonyl (C=O) groups is 4. The second-order valence-corrected chi connectivity index (χ2v) is 16.6. The summed E-state index contributed by atoms with van der Waals surface area (Å²) in [6.07, 6.45) is 9.80. The molecule has 5 rings (SSSR count). The van der Waals surface area contributed by atoms with Crippen molar-refractivity contribution >= 4 is 23.6 Å². The molecule has 0 aromatic carbocycles. The lowest BCUT2D eigenvalue weighted by molar-refractivity contribution is -0.190. The molecule has 4 fully saturated rings. The first-order valence-electron chi connectivity index (χ1n) is 16.3. The minimum Gasteiger partial charge on any atom is -0.481 e. The molecule has 4 saturated carbocycles. The topological polar surface area (TPSA) is 119 Å². The third kappa shape index (κ3) is 4.71. The molecule has 240 valence electrons. The normalized spacial score (nSPS) is 44.9. The first kappa shape index (κ1) is 32.2. The van der Waals surface area contributed by atoms with Crippen molar-refractivity contribution in [1.29, 1.82) is 0 Å². The number of carboxylic acids is 1. The Morgan fingerprint density at radius 1 is 0.930 bits per heavy atom. The number of allylic oxidation sites excluding steroid dienone is 2. The number of aliphatic carboxylic acids is 1. The largest absolute Gasteiger partial charge is 0.481 e. The van der Waals surface area contributed by atoms with Crippen LogP contribution in [0, 0.1) is 50.2 Å². The monoisotopic (exact) mass is 599 g/mol. The van der Waals surface area contributed by atoms with Crippen LogP contribution in [0.2, 0.25) is 0 Å². The van der Waals surface area contributed by atoms with Gasteiger partial charge in [-0.2, -0.15) is 0 Å². The van der Waals surface area contributed by atoms with Gasteiger partial charge < -0.3 is 19.9 Å². The van der Waals surface area contributed by atoms with Crippen LogP contribution in [0.3, 0.4) is 0 Å². The standard InChI is InChI=1S/C35H53NO7/c1-30(2)24-9-12-35(7)28(33(24,5)11-10-25(30)36-26(38)19-43-20-27(39)42-8)23(37)17-21-22-18-32(4,29(40)41)14-13-31(22,3)15-16-34(21,35)6/h17,22,24-25,28H,9-16,18-20H2,1-8H3,(H,36,38)(H,40,41)/t22-,24-,25-,28+,31+,32-,33-,34+,35+/m0/s1. The highest BCUT2D eigenvalue weighted by Crippen LogP contribution is 2.75. The quantitative estimate of drug-likeness (QED) is 0.375. The van der Waals surface area contributed by atoms with Gasteiger partial charge in [0.15, 0.2) is 5.78 Å². The molecule has 0 aromatic rings. The highest BCUT2D eigenvalue weighted by Gasteiger charge is 2.70. The third-order valence-corrected chi connectivity index (χ3v) is 14.1. The smallest absolute Gasteiger partial charge is 0.331 e. The van der Waals surface area contributed by atoms with E-state index in [0.717, 1.165) is 44.9 Å². The van der Waals surface area contributed by atoms with Gasteiger partial charge in [0.2, 0.25) is 5.91 Å². The Bertz CT molecular complexity index is 1240. The summed E-state index contributed by atoms with van der Waals surface area (Å²) >= 11 is 0. The van der Waals surface area contributed by atoms with Crippen LogP contribution >= 0.6 is 0 Å². The lowest BCUT2D eigenvalue weighted by Gasteiger charge is -2.70. The van der Waals surface area contributed by atoms with Crippen LogP contribution in [0.15, 0.2) is 11.6 Å². The van der Waals surface area contributed by atoms with Crippen molar-refractivity contribution in [1.82, 2.24) is 5.32 Å². The molecule has 5 aliphatic carbocycles. The summed E-state index contributed by atoms with van der Waals surface area (Å²) < 4.78 is 9.83. The number of carboxylic acid groups (broad SMARTS) is 1. The number of amides is 1. The van der Waals surface area contributed by atoms with Gasteiger partial charge in [0, 0.05) is 12.0 Å². The maximum absolute atomic E-state index is 14.5. The van der Waals surface area contributed by atoms with Crippen LogP contribution in [0.5, 0.6) is 0 Å². The van der Waals surface area contributed by atoms with Gasteiger partial charge >= 0.3 is 11.9 Å². The summed E-state index contributed by atoms with van der Waals surface area (Å²) in [5.74, 6) is -1.02. The van der Waals surface area contributed by atoms with E-state index in [9.17, 15) is 24.3 Å². The van der Waals surface area contributed by atoms with Crippen molar-refractivity contribution in [2.75, 3.05) is 20.3 Å². The van der Waals surface area contributed by atoms with E-state index < -0.39 is 17.4 Å². The summed E-state index contributed by atoms with van der Waals surface area (Å²) in [5.41, 5.74) is -0.335. The summed E-state index contributed by atoms with van der Waals surface area (Å²) in [6.45, 7) is 15.3. The summed E-state index contributed by atoms with van der Waals surface area (Å²) in [5, 5.41) is 13.3. The van der Waals surface area contributed by atoms with E-state index >= 15 is 0 Å². The van der Waals surface area contributed by atoms with E-state index in [1.807, 2.05) is 13.0 Å². The zero-order valence-electron chi connectivity index (χ0n) is 27.6. The van der Waals surface area contributed by atoms with Gasteiger partial charge in [-0.1, -0.05) is 47.1 Å². The zero-order valence-corrected chi connectivity index (χ0v) is 27.6. The van der Waals surface area contributed by atoms with Crippen molar-refractivity contribution in [3.8, 4) is 0 Å². The lowest BCUT2D eigenvalue weighted by atomic mass is 9.33. The van der Waals surface area contributed by atoms with Crippen LogP contribution in [-0.2, 0) is 28.7 Å². The molecule has 8 heteroatoms. The number of ketones is 1. The minimum atomic E-state index is -0.759. The fourth-order valence-electron chi connectivity index (χ4n) is 11.2. The average molecular weight is 600 g/mol. The Morgan fingerprint density at radius 3 is 2.26 bits per heavy atom. The third-order valence-electron chi connectivity index (χ3n) is 14.1. The van der Waals surface area contributed by atoms with Crippen LogP contribution in [0.25, 0.3) is 0 Å². The van der Waals surface area contributed by atoms with E-state index in [-0.39, 0.29) is 75.8 Å². The number of carbonyl (C=O) groups excluding carboxylic acids is 3. The predicted octanol–water partition coefficient (Wildman–Crippen LogP) is 5.73. The van der Waals surface area contributed by atoms with Crippen LogP contribution in [-0.4, -0.2) is 55.1 Å². The van der Waals surface area contributed by atoms with E-state index in [4.69, 9.17) is 4.74 Å². The predicted molar refractivity (Wildman–Crippen MR) is 162 cm³/mol. The number of ether oxygens (including phenoxy) is 2. The van der Waals surface area contributed by atoms with Gasteiger partial charge in [-0.15, -0.1) is 0 Å². The molecule has 8 nitrogen and oxygen atoms in total. The molecule has 9 atom stereocenters. The van der Waals surface area contributed by atoms with Crippen molar-refractivity contribution < 1.29 is 33.8 Å². The summed E-state index contributed by atoms with van der Waals surface area (Å²) in [4.78, 5) is 51.0. The average Bonchev–Trinajstić information content (AvgIpc) is 2.92. The number of nitrogens with one attached hydrogen (secondary N) is 1. The number of methoxy groups -OCH3 is 1. The number of fused-ring (bicyclic) bond motifs is 7. The number of hydrogen-bond acceptors (Lipinski definition) is 6. The molecule has 0 aliphatic heterocycles. The molecular formula is C35H53NO7. The molecule has 2 N–H and O–H groups in total. The minimum absolute atomic E-state index is 0.0315. The molecule has 0 bridgehead atoms. The van der Waals surface area contributed by atoms with Crippen molar-refractivity contribution in [2.24, 2.45) is 50.2 Å². The molecule has 0 heterocycles. The maximum Gasteiger partial charge on any atom is 0.331 e. The maximum atomic E-state index is 14.5. The molecule has 0 saturated heterocycles. The van der Waals surface area contributed by atoms with Gasteiger partial charge in [-0.05, 0) is 110 Å². The van der Waals surface area contributed by atoms with Crippen LogP contribution in [0.4, 0.5) is 0 Å². The number of hydrogen-bond donors (Lipinski definition) is 2. The molecule has 0 aromatic heterocycles. The molecular weight excluding hydrogens is 546 g/mol. The van der Waals surface area contributed by atoms with Crippen LogP contribution < -0.4 is 5.32 Å². The van der Waals surface area contributed by atoms with E-state index in [1.54, 1.807) is 0 Å². The first-order chi connectivity index (χ1) is 19.9.